The zero-order chi connectivity index (χ0) is 105. The van der Waals surface area contributed by atoms with Gasteiger partial charge in [-0.05, 0) is 189 Å². The predicted molar refractivity (Wildman–Crippen MR) is 542 cm³/mol. The second kappa shape index (κ2) is 51.0. The number of aryl methyl sites for hydroxylation is 7. The summed E-state index contributed by atoms with van der Waals surface area (Å²) in [6, 6.07) is 88.0. The topological polar surface area (TPSA) is 338 Å². The molecule has 30 heteroatoms. The van der Waals surface area contributed by atoms with E-state index in [1.807, 2.05) is 105 Å². The minimum atomic E-state index is -2.80. The van der Waals surface area contributed by atoms with Crippen molar-refractivity contribution in [2.24, 2.45) is 5.41 Å². The van der Waals surface area contributed by atoms with Gasteiger partial charge in [0.2, 0.25) is 6.36 Å². The van der Waals surface area contributed by atoms with Crippen molar-refractivity contribution < 1.29 is 142 Å². The van der Waals surface area contributed by atoms with Crippen LogP contribution in [0.15, 0.2) is 322 Å². The smallest absolute Gasteiger partial charge is 0.338 e. The Morgan fingerprint density at radius 3 is 0.840 bits per heavy atom. The Balaban J connectivity index is 0.890. The Kier molecular flexibility index (Phi) is 36.8. The average Bonchev–Trinajstić information content (AvgIpc) is 0.758. The Hall–Kier alpha value is -14.6. The van der Waals surface area contributed by atoms with E-state index in [9.17, 15) is 9.59 Å². The molecule has 4 aliphatic heterocycles. The molecule has 0 amide bonds. The van der Waals surface area contributed by atoms with Crippen molar-refractivity contribution in [1.29, 1.82) is 0 Å². The van der Waals surface area contributed by atoms with Crippen molar-refractivity contribution in [3.05, 3.63) is 427 Å². The number of esters is 9. The zero-order valence-electron chi connectivity index (χ0n) is 84.5. The maximum Gasteiger partial charge on any atom is 0.338 e. The van der Waals surface area contributed by atoms with Crippen LogP contribution in [0.3, 0.4) is 0 Å². The molecule has 16 rings (SSSR count). The molecule has 4 fully saturated rings. The average molecular weight is 2040 g/mol. The first-order valence-electron chi connectivity index (χ1n) is 49.6. The molecule has 12 aromatic carbocycles. The van der Waals surface area contributed by atoms with Crippen molar-refractivity contribution in [3.63, 3.8) is 0 Å². The van der Waals surface area contributed by atoms with Crippen LogP contribution in [0.2, 0.25) is 0 Å². The third-order valence-corrected chi connectivity index (χ3v) is 25.7. The molecule has 0 aromatic heterocycles. The van der Waals surface area contributed by atoms with E-state index in [4.69, 9.17) is 94.7 Å². The van der Waals surface area contributed by atoms with Crippen LogP contribution in [0, 0.1) is 53.9 Å². The van der Waals surface area contributed by atoms with Crippen molar-refractivity contribution in [1.82, 2.24) is 0 Å². The molecule has 0 N–H and O–H groups in total. The molecule has 150 heavy (non-hydrogen) atoms. The lowest BCUT2D eigenvalue weighted by Gasteiger charge is -2.50. The Morgan fingerprint density at radius 2 is 0.487 bits per heavy atom. The van der Waals surface area contributed by atoms with Gasteiger partial charge < -0.3 is 94.7 Å². The molecule has 0 spiro atoms. The molecule has 0 bridgehead atoms. The highest BCUT2D eigenvalue weighted by Crippen LogP contribution is 2.42. The van der Waals surface area contributed by atoms with Gasteiger partial charge in [-0.25, -0.2) is 42.7 Å². The predicted octanol–water partition coefficient (Wildman–Crippen LogP) is 18.8. The Labute approximate surface area is 868 Å². The van der Waals surface area contributed by atoms with Crippen LogP contribution in [-0.4, -0.2) is 203 Å². The molecule has 780 valence electrons. The number of halogens is 1. The van der Waals surface area contributed by atoms with Gasteiger partial charge in [0.1, 0.15) is 55.4 Å². The zero-order valence-corrected chi connectivity index (χ0v) is 84.5. The van der Waals surface area contributed by atoms with Crippen LogP contribution in [0.25, 0.3) is 0 Å². The fourth-order valence-electron chi connectivity index (χ4n) is 17.2. The maximum absolute atomic E-state index is 18.5. The minimum absolute atomic E-state index is 0.00226. The van der Waals surface area contributed by atoms with E-state index in [0.717, 1.165) is 50.1 Å². The van der Waals surface area contributed by atoms with E-state index in [2.05, 4.69) is 0 Å². The van der Waals surface area contributed by atoms with Crippen LogP contribution in [0.4, 0.5) is 4.39 Å². The summed E-state index contributed by atoms with van der Waals surface area (Å²) >= 11 is 0. The van der Waals surface area contributed by atoms with Crippen LogP contribution >= 0.6 is 0 Å². The fraction of sp³-hybridized carbons (Fsp3) is 0.325. The summed E-state index contributed by atoms with van der Waals surface area (Å²) in [5.41, 5.74) is 6.40. The quantitative estimate of drug-likeness (QED) is 0.0255. The first kappa shape index (κ1) is 108. The summed E-state index contributed by atoms with van der Waals surface area (Å²) in [6.07, 6.45) is -39.0. The van der Waals surface area contributed by atoms with Gasteiger partial charge in [-0.2, -0.15) is 0 Å². The number of carbonyl (C=O) groups excluding carboxylic acids is 9. The summed E-state index contributed by atoms with van der Waals surface area (Å²) in [5.74, 6) is -9.19. The Morgan fingerprint density at radius 1 is 0.233 bits per heavy atom. The molecular formula is C120H119FO29. The molecule has 20 atom stereocenters. The lowest BCUT2D eigenvalue weighted by atomic mass is 9.94. The van der Waals surface area contributed by atoms with E-state index in [1.165, 1.54) is 97.1 Å². The van der Waals surface area contributed by atoms with Gasteiger partial charge in [0.25, 0.3) is 0 Å². The first-order chi connectivity index (χ1) is 72.4. The van der Waals surface area contributed by atoms with Gasteiger partial charge in [-0.15, -0.1) is 0 Å². The molecule has 0 aliphatic carbocycles. The van der Waals surface area contributed by atoms with E-state index in [-0.39, 0.29) is 77.5 Å². The monoisotopic (exact) mass is 2040 g/mol. The normalized spacial score (nSPS) is 23.6. The highest BCUT2D eigenvalue weighted by molar-refractivity contribution is 5.94. The van der Waals surface area contributed by atoms with Crippen LogP contribution in [0.5, 0.6) is 0 Å². The summed E-state index contributed by atoms with van der Waals surface area (Å²) in [4.78, 5) is 137. The summed E-state index contributed by atoms with van der Waals surface area (Å²) < 4.78 is 156. The minimum Gasteiger partial charge on any atom is -0.459 e. The van der Waals surface area contributed by atoms with Gasteiger partial charge in [0.15, 0.2) is 67.7 Å². The number of alkyl halides is 1. The van der Waals surface area contributed by atoms with Gasteiger partial charge >= 0.3 is 53.7 Å². The molecule has 12 aromatic rings. The van der Waals surface area contributed by atoms with Gasteiger partial charge in [0.05, 0.1) is 96.2 Å². The van der Waals surface area contributed by atoms with E-state index in [0.29, 0.717) is 11.1 Å². The number of ether oxygens (including phenoxy) is 20. The third-order valence-electron chi connectivity index (χ3n) is 25.7. The molecular weight excluding hydrogens is 1920 g/mol. The highest BCUT2D eigenvalue weighted by atomic mass is 19.1. The molecule has 20 unspecified atom stereocenters. The van der Waals surface area contributed by atoms with E-state index in [1.54, 1.807) is 189 Å². The van der Waals surface area contributed by atoms with E-state index < -0.39 is 202 Å². The second-order valence-corrected chi connectivity index (χ2v) is 38.4. The van der Waals surface area contributed by atoms with Gasteiger partial charge in [0, 0.05) is 0 Å². The number of benzene rings is 12. The summed E-state index contributed by atoms with van der Waals surface area (Å²) in [6.45, 7) is 13.8. The van der Waals surface area contributed by atoms with Gasteiger partial charge in [-0.3, -0.25) is 4.79 Å². The fourth-order valence-corrected chi connectivity index (χ4v) is 17.2. The van der Waals surface area contributed by atoms with Crippen LogP contribution in [0.1, 0.15) is 165 Å². The second-order valence-electron chi connectivity index (χ2n) is 38.4. The van der Waals surface area contributed by atoms with Crippen molar-refractivity contribution >= 4 is 53.7 Å². The van der Waals surface area contributed by atoms with E-state index >= 15 is 38.0 Å². The SMILES string of the molecule is Cc1ccc(C(=O)OCC2OC(OCC3OC(OCC4OC(F)C(OC(=O)c5ccc(C)cc5)C(OC(=O)c5ccc(C)cc5)C4OC(=O)c4ccc(C)cc4)C(OC(=O)c4ccccc4)C(OC4OC(COCc5ccccc5)C(OCc5ccccc5)C(OCc5ccccc5)C4OC(=O)C(C)(C)C)C3OCc3ccccc3)C(OC(=O)c3ccc(C)cc3)C(OC(=O)c3ccc(C)cc3)C2OC(=O)c2ccc(C)cc2)cc1. The number of hydrogen-bond donors (Lipinski definition) is 0. The first-order valence-corrected chi connectivity index (χ1v) is 49.6. The standard InChI is InChI=1S/C120H119FO29/c1-72-36-50-84(51-37-72)108(122)135-69-94-98(143-111(125)86-54-40-74(3)41-55-86)102(145-113(127)88-58-44-76(5)45-59-88)106(148-115(129)90-62-48-78(7)49-63-90)117(140-94)136-70-92-96(133-66-81-30-20-13-21-31-81)100(149-118-104(150-119(130)120(8,9)10)99(134-67-82-32-22-14-23-33-82)95(132-65-80-28-18-12-19-29-80)91(141-118)68-131-64-79-26-16-11-17-27-79)105(147-109(123)83-34-24-15-25-35-83)116(139-92)137-71-93-97(142-110(124)85-52-38-73(2)39-53-85)101(144-112(126)87-56-42-75(4)43-57-87)103(107(121)138-93)146-114(128)89-60-46-77(6)47-61-89/h11-63,91-107,116-118H,64-71H2,1-10H3. The molecule has 0 radical (unpaired) electrons. The summed E-state index contributed by atoms with van der Waals surface area (Å²) in [7, 11) is 0. The largest absolute Gasteiger partial charge is 0.459 e. The molecule has 4 aliphatic rings. The lowest BCUT2D eigenvalue weighted by molar-refractivity contribution is -0.377. The third kappa shape index (κ3) is 28.7. The van der Waals surface area contributed by atoms with Crippen LogP contribution < -0.4 is 0 Å². The van der Waals surface area contributed by atoms with Crippen molar-refractivity contribution in [2.75, 3.05) is 26.4 Å². The van der Waals surface area contributed by atoms with Crippen LogP contribution in [-0.2, 0) is 126 Å². The molecule has 29 nitrogen and oxygen atoms in total. The number of carbonyl (C=O) groups is 9. The highest BCUT2D eigenvalue weighted by Gasteiger charge is 2.61. The summed E-state index contributed by atoms with van der Waals surface area (Å²) in [5, 5.41) is 0. The van der Waals surface area contributed by atoms with Crippen molar-refractivity contribution in [3.8, 4) is 0 Å². The maximum atomic E-state index is 18.5. The number of hydrogen-bond acceptors (Lipinski definition) is 29. The van der Waals surface area contributed by atoms with Gasteiger partial charge in [-0.1, -0.05) is 263 Å². The number of rotatable bonds is 39. The van der Waals surface area contributed by atoms with Crippen molar-refractivity contribution in [2.45, 2.75) is 219 Å². The lowest BCUT2D eigenvalue weighted by Crippen LogP contribution is -2.68. The molecule has 4 heterocycles. The molecule has 0 saturated carbocycles. The Bertz CT molecular complexity index is 6490. The molecule has 4 saturated heterocycles.